The average molecular weight is 291 g/mol. The van der Waals surface area contributed by atoms with E-state index in [1.54, 1.807) is 20.8 Å². The standard InChI is InChI=1S/C11H17NO4S2/c1-6(2)10(11(13)14)18(15,16)5-9-12-7(3)8(4)17-9/h6,10H,5H2,1-4H3,(H,13,14). The summed E-state index contributed by atoms with van der Waals surface area (Å²) < 4.78 is 24.2. The zero-order valence-electron chi connectivity index (χ0n) is 10.8. The van der Waals surface area contributed by atoms with Crippen LogP contribution < -0.4 is 0 Å². The van der Waals surface area contributed by atoms with E-state index in [2.05, 4.69) is 4.98 Å². The number of hydrogen-bond acceptors (Lipinski definition) is 5. The molecule has 5 nitrogen and oxygen atoms in total. The number of aromatic nitrogens is 1. The van der Waals surface area contributed by atoms with Gasteiger partial charge in [0.1, 0.15) is 10.8 Å². The zero-order chi connectivity index (χ0) is 14.1. The molecule has 1 rings (SSSR count). The number of aliphatic carboxylic acids is 1. The predicted molar refractivity (Wildman–Crippen MR) is 70.5 cm³/mol. The van der Waals surface area contributed by atoms with Gasteiger partial charge in [-0.15, -0.1) is 11.3 Å². The number of carboxylic acids is 1. The Hall–Kier alpha value is -0.950. The Labute approximate surface area is 111 Å². The quantitative estimate of drug-likeness (QED) is 0.894. The van der Waals surface area contributed by atoms with E-state index in [4.69, 9.17) is 5.11 Å². The lowest BCUT2D eigenvalue weighted by atomic mass is 10.1. The third kappa shape index (κ3) is 3.29. The van der Waals surface area contributed by atoms with E-state index in [0.29, 0.717) is 5.01 Å². The summed E-state index contributed by atoms with van der Waals surface area (Å²) >= 11 is 1.30. The van der Waals surface area contributed by atoms with E-state index < -0.39 is 27.0 Å². The number of carbonyl (C=O) groups is 1. The van der Waals surface area contributed by atoms with Gasteiger partial charge in [-0.25, -0.2) is 13.4 Å². The van der Waals surface area contributed by atoms with Crippen molar-refractivity contribution in [3.63, 3.8) is 0 Å². The minimum absolute atomic E-state index is 0.304. The molecule has 1 heterocycles. The molecule has 1 aromatic rings. The highest BCUT2D eigenvalue weighted by Gasteiger charge is 2.36. The molecule has 7 heteroatoms. The molecular weight excluding hydrogens is 274 g/mol. The first-order chi connectivity index (χ1) is 8.15. The molecule has 0 bridgehead atoms. The largest absolute Gasteiger partial charge is 0.480 e. The minimum Gasteiger partial charge on any atom is -0.480 e. The molecule has 1 aromatic heterocycles. The van der Waals surface area contributed by atoms with Gasteiger partial charge in [-0.2, -0.15) is 0 Å². The third-order valence-electron chi connectivity index (χ3n) is 2.63. The molecule has 0 saturated carbocycles. The van der Waals surface area contributed by atoms with Crippen molar-refractivity contribution in [1.29, 1.82) is 0 Å². The fraction of sp³-hybridized carbons (Fsp3) is 0.636. The Morgan fingerprint density at radius 1 is 1.39 bits per heavy atom. The maximum Gasteiger partial charge on any atom is 0.322 e. The normalized spacial score (nSPS) is 13.8. The first kappa shape index (κ1) is 15.1. The Bertz CT molecular complexity index is 526. The summed E-state index contributed by atoms with van der Waals surface area (Å²) in [6.45, 7) is 6.85. The molecule has 1 atom stereocenters. The highest BCUT2D eigenvalue weighted by molar-refractivity contribution is 7.92. The minimum atomic E-state index is -3.73. The van der Waals surface area contributed by atoms with Crippen LogP contribution in [0, 0.1) is 19.8 Å². The lowest BCUT2D eigenvalue weighted by Gasteiger charge is -2.15. The van der Waals surface area contributed by atoms with Gasteiger partial charge in [0, 0.05) is 4.88 Å². The predicted octanol–water partition coefficient (Wildman–Crippen LogP) is 1.78. The highest BCUT2D eigenvalue weighted by atomic mass is 32.2. The van der Waals surface area contributed by atoms with E-state index in [-0.39, 0.29) is 5.75 Å². The van der Waals surface area contributed by atoms with Gasteiger partial charge in [-0.3, -0.25) is 4.79 Å². The summed E-state index contributed by atoms with van der Waals surface area (Å²) in [5.74, 6) is -2.06. The summed E-state index contributed by atoms with van der Waals surface area (Å²) in [4.78, 5) is 16.2. The molecule has 0 fully saturated rings. The van der Waals surface area contributed by atoms with Crippen molar-refractivity contribution in [1.82, 2.24) is 4.98 Å². The van der Waals surface area contributed by atoms with Crippen molar-refractivity contribution in [2.75, 3.05) is 0 Å². The summed E-state index contributed by atoms with van der Waals surface area (Å²) in [5.41, 5.74) is 0.793. The van der Waals surface area contributed by atoms with Crippen LogP contribution in [-0.2, 0) is 20.4 Å². The van der Waals surface area contributed by atoms with Gasteiger partial charge < -0.3 is 5.11 Å². The Morgan fingerprint density at radius 3 is 2.28 bits per heavy atom. The van der Waals surface area contributed by atoms with E-state index in [1.165, 1.54) is 11.3 Å². The first-order valence-corrected chi connectivity index (χ1v) is 8.05. The van der Waals surface area contributed by atoms with Gasteiger partial charge in [0.05, 0.1) is 5.69 Å². The van der Waals surface area contributed by atoms with E-state index in [1.807, 2.05) is 6.92 Å². The van der Waals surface area contributed by atoms with Crippen LogP contribution in [-0.4, -0.2) is 29.7 Å². The van der Waals surface area contributed by atoms with Gasteiger partial charge in [0.25, 0.3) is 0 Å². The van der Waals surface area contributed by atoms with Crippen LogP contribution in [0.3, 0.4) is 0 Å². The molecule has 0 aliphatic carbocycles. The molecule has 0 saturated heterocycles. The van der Waals surface area contributed by atoms with Gasteiger partial charge in [-0.1, -0.05) is 13.8 Å². The number of aryl methyl sites for hydroxylation is 2. The van der Waals surface area contributed by atoms with Gasteiger partial charge in [-0.05, 0) is 19.8 Å². The number of nitrogens with zero attached hydrogens (tertiary/aromatic N) is 1. The van der Waals surface area contributed by atoms with Crippen molar-refractivity contribution < 1.29 is 18.3 Å². The molecule has 18 heavy (non-hydrogen) atoms. The second kappa shape index (κ2) is 5.36. The van der Waals surface area contributed by atoms with E-state index in [9.17, 15) is 13.2 Å². The second-order valence-corrected chi connectivity index (χ2v) is 7.97. The van der Waals surface area contributed by atoms with Crippen molar-refractivity contribution in [2.24, 2.45) is 5.92 Å². The topological polar surface area (TPSA) is 84.3 Å². The van der Waals surface area contributed by atoms with Crippen molar-refractivity contribution in [3.05, 3.63) is 15.6 Å². The van der Waals surface area contributed by atoms with Crippen LogP contribution in [0.25, 0.3) is 0 Å². The first-order valence-electron chi connectivity index (χ1n) is 5.52. The number of thiazole rings is 1. The second-order valence-electron chi connectivity index (χ2n) is 4.56. The monoisotopic (exact) mass is 291 g/mol. The van der Waals surface area contributed by atoms with Crippen LogP contribution in [0.4, 0.5) is 0 Å². The summed E-state index contributed by atoms with van der Waals surface area (Å²) in [5, 5.41) is 8.10. The molecular formula is C11H17NO4S2. The van der Waals surface area contributed by atoms with Crippen LogP contribution >= 0.6 is 11.3 Å². The third-order valence-corrected chi connectivity index (χ3v) is 6.08. The lowest BCUT2D eigenvalue weighted by molar-refractivity contribution is -0.137. The molecule has 0 radical (unpaired) electrons. The van der Waals surface area contributed by atoms with Gasteiger partial charge in [0.15, 0.2) is 15.1 Å². The molecule has 0 aromatic carbocycles. The Morgan fingerprint density at radius 2 is 1.94 bits per heavy atom. The number of rotatable bonds is 5. The van der Waals surface area contributed by atoms with E-state index >= 15 is 0 Å². The average Bonchev–Trinajstić information content (AvgIpc) is 2.41. The molecule has 1 unspecified atom stereocenters. The molecule has 102 valence electrons. The molecule has 0 amide bonds. The summed E-state index contributed by atoms with van der Waals surface area (Å²) in [6, 6.07) is 0. The molecule has 1 N–H and O–H groups in total. The molecule has 0 aliphatic heterocycles. The SMILES string of the molecule is Cc1nc(CS(=O)(=O)C(C(=O)O)C(C)C)sc1C. The van der Waals surface area contributed by atoms with Crippen LogP contribution in [0.15, 0.2) is 0 Å². The smallest absolute Gasteiger partial charge is 0.322 e. The van der Waals surface area contributed by atoms with Gasteiger partial charge in [0.2, 0.25) is 0 Å². The van der Waals surface area contributed by atoms with Crippen molar-refractivity contribution in [2.45, 2.75) is 38.7 Å². The molecule has 0 spiro atoms. The summed E-state index contributed by atoms with van der Waals surface area (Å²) in [6.07, 6.45) is 0. The summed E-state index contributed by atoms with van der Waals surface area (Å²) in [7, 11) is -3.73. The van der Waals surface area contributed by atoms with Crippen LogP contribution in [0.5, 0.6) is 0 Å². The highest BCUT2D eigenvalue weighted by Crippen LogP contribution is 2.23. The maximum absolute atomic E-state index is 12.1. The Balaban J connectivity index is 3.03. The Kier molecular flexibility index (Phi) is 4.50. The fourth-order valence-electron chi connectivity index (χ4n) is 1.72. The van der Waals surface area contributed by atoms with Gasteiger partial charge >= 0.3 is 5.97 Å². The lowest BCUT2D eigenvalue weighted by Crippen LogP contribution is -2.35. The zero-order valence-corrected chi connectivity index (χ0v) is 12.4. The number of hydrogen-bond donors (Lipinski definition) is 1. The van der Waals surface area contributed by atoms with Crippen LogP contribution in [0.1, 0.15) is 29.4 Å². The fourth-order valence-corrected chi connectivity index (χ4v) is 4.90. The van der Waals surface area contributed by atoms with E-state index in [0.717, 1.165) is 10.6 Å². The van der Waals surface area contributed by atoms with Crippen molar-refractivity contribution >= 4 is 27.1 Å². The molecule has 0 aliphatic rings. The van der Waals surface area contributed by atoms with Crippen molar-refractivity contribution in [3.8, 4) is 0 Å². The van der Waals surface area contributed by atoms with Crippen LogP contribution in [0.2, 0.25) is 0 Å². The maximum atomic E-state index is 12.1. The number of carboxylic acid groups (broad SMARTS) is 1. The number of sulfone groups is 1.